The van der Waals surface area contributed by atoms with E-state index in [9.17, 15) is 26.4 Å². The molecular formula is C21H14Cl3F3N2O3S. The number of benzene rings is 3. The lowest BCUT2D eigenvalue weighted by molar-refractivity contribution is -0.137. The summed E-state index contributed by atoms with van der Waals surface area (Å²) in [6, 6.07) is 14.0. The average Bonchev–Trinajstić information content (AvgIpc) is 2.75. The molecule has 0 saturated heterocycles. The molecule has 3 aromatic carbocycles. The molecule has 0 unspecified atom stereocenters. The maximum atomic E-state index is 13.4. The molecule has 12 heteroatoms. The predicted octanol–water partition coefficient (Wildman–Crippen LogP) is 6.50. The van der Waals surface area contributed by atoms with Crippen molar-refractivity contribution in [2.24, 2.45) is 0 Å². The maximum absolute atomic E-state index is 13.4. The minimum absolute atomic E-state index is 0.0239. The van der Waals surface area contributed by atoms with Crippen LogP contribution in [0.15, 0.2) is 71.6 Å². The Balaban J connectivity index is 2.05. The highest BCUT2D eigenvalue weighted by Gasteiger charge is 2.35. The van der Waals surface area contributed by atoms with E-state index in [-0.39, 0.29) is 20.6 Å². The zero-order chi connectivity index (χ0) is 24.4. The van der Waals surface area contributed by atoms with E-state index in [1.807, 2.05) is 0 Å². The van der Waals surface area contributed by atoms with Crippen molar-refractivity contribution < 1.29 is 26.4 Å². The summed E-state index contributed by atoms with van der Waals surface area (Å²) in [5.41, 5.74) is -1.53. The number of nitrogens with one attached hydrogen (secondary N) is 1. The molecule has 3 rings (SSSR count). The highest BCUT2D eigenvalue weighted by atomic mass is 35.5. The van der Waals surface area contributed by atoms with Gasteiger partial charge >= 0.3 is 6.18 Å². The molecule has 0 saturated carbocycles. The van der Waals surface area contributed by atoms with Gasteiger partial charge in [0.25, 0.3) is 10.0 Å². The van der Waals surface area contributed by atoms with E-state index in [1.54, 1.807) is 6.07 Å². The summed E-state index contributed by atoms with van der Waals surface area (Å²) in [6.07, 6.45) is -4.84. The van der Waals surface area contributed by atoms with Crippen LogP contribution < -0.4 is 9.62 Å². The van der Waals surface area contributed by atoms with Crippen LogP contribution in [0.3, 0.4) is 0 Å². The number of nitrogens with zero attached hydrogens (tertiary/aromatic N) is 1. The van der Waals surface area contributed by atoms with E-state index < -0.39 is 44.9 Å². The van der Waals surface area contributed by atoms with Gasteiger partial charge in [-0.25, -0.2) is 8.42 Å². The minimum Gasteiger partial charge on any atom is -0.323 e. The van der Waals surface area contributed by atoms with Gasteiger partial charge in [-0.1, -0.05) is 59.1 Å². The highest BCUT2D eigenvalue weighted by molar-refractivity contribution is 7.92. The van der Waals surface area contributed by atoms with Crippen LogP contribution in [-0.2, 0) is 21.0 Å². The fourth-order valence-corrected chi connectivity index (χ4v) is 4.85. The lowest BCUT2D eigenvalue weighted by Gasteiger charge is -2.25. The van der Waals surface area contributed by atoms with Crippen LogP contribution in [0.25, 0.3) is 0 Å². The predicted molar refractivity (Wildman–Crippen MR) is 123 cm³/mol. The second-order valence-corrected chi connectivity index (χ2v) is 9.69. The second kappa shape index (κ2) is 9.80. The second-order valence-electron chi connectivity index (χ2n) is 6.64. The van der Waals surface area contributed by atoms with Gasteiger partial charge in [0.15, 0.2) is 0 Å². The molecule has 0 fully saturated rings. The summed E-state index contributed by atoms with van der Waals surface area (Å²) in [4.78, 5) is 12.5. The third-order valence-electron chi connectivity index (χ3n) is 4.39. The summed E-state index contributed by atoms with van der Waals surface area (Å²) < 4.78 is 67.3. The van der Waals surface area contributed by atoms with Crippen LogP contribution in [0.4, 0.5) is 24.5 Å². The van der Waals surface area contributed by atoms with Gasteiger partial charge < -0.3 is 5.32 Å². The van der Waals surface area contributed by atoms with E-state index in [0.29, 0.717) is 10.4 Å². The van der Waals surface area contributed by atoms with Gasteiger partial charge in [0.2, 0.25) is 5.91 Å². The van der Waals surface area contributed by atoms with Crippen molar-refractivity contribution in [1.82, 2.24) is 0 Å². The summed E-state index contributed by atoms with van der Waals surface area (Å²) in [7, 11) is -4.43. The number of hydrogen-bond acceptors (Lipinski definition) is 3. The fourth-order valence-electron chi connectivity index (χ4n) is 2.84. The summed E-state index contributed by atoms with van der Waals surface area (Å²) in [5.74, 6) is -0.859. The molecule has 0 bridgehead atoms. The molecule has 3 aromatic rings. The molecule has 0 aliphatic carbocycles. The van der Waals surface area contributed by atoms with Crippen LogP contribution in [0.5, 0.6) is 0 Å². The van der Waals surface area contributed by atoms with Crippen LogP contribution in [0.2, 0.25) is 15.1 Å². The molecule has 0 radical (unpaired) electrons. The van der Waals surface area contributed by atoms with Crippen molar-refractivity contribution >= 4 is 62.1 Å². The van der Waals surface area contributed by atoms with Crippen molar-refractivity contribution in [1.29, 1.82) is 0 Å². The normalized spacial score (nSPS) is 11.8. The van der Waals surface area contributed by atoms with Crippen LogP contribution in [-0.4, -0.2) is 20.9 Å². The van der Waals surface area contributed by atoms with Crippen molar-refractivity contribution in [3.63, 3.8) is 0 Å². The molecule has 0 aliphatic rings. The van der Waals surface area contributed by atoms with Gasteiger partial charge in [-0.05, 0) is 42.5 Å². The number of carbonyl (C=O) groups is 1. The number of hydrogen-bond donors (Lipinski definition) is 1. The Labute approximate surface area is 202 Å². The topological polar surface area (TPSA) is 66.5 Å². The monoisotopic (exact) mass is 536 g/mol. The Hall–Kier alpha value is -2.46. The third kappa shape index (κ3) is 5.73. The van der Waals surface area contributed by atoms with E-state index in [0.717, 1.165) is 12.1 Å². The van der Waals surface area contributed by atoms with Crippen LogP contribution >= 0.6 is 34.8 Å². The Morgan fingerprint density at radius 3 is 2.21 bits per heavy atom. The molecule has 0 heterocycles. The van der Waals surface area contributed by atoms with Crippen molar-refractivity contribution in [2.45, 2.75) is 11.1 Å². The largest absolute Gasteiger partial charge is 0.417 e. The maximum Gasteiger partial charge on any atom is 0.417 e. The Morgan fingerprint density at radius 1 is 0.909 bits per heavy atom. The minimum atomic E-state index is -4.84. The standard InChI is InChI=1S/C21H14Cl3F3N2O3S/c22-16-10-9-13(11-15(16)21(25,26)27)29(33(31,32)14-5-2-1-3-6-14)12-19(30)28-18-8-4-7-17(23)20(18)24/h1-11H,12H2,(H,28,30). The first-order valence-corrected chi connectivity index (χ1v) is 11.7. The molecule has 1 amide bonds. The van der Waals surface area contributed by atoms with Gasteiger partial charge in [0.1, 0.15) is 6.54 Å². The quantitative estimate of drug-likeness (QED) is 0.390. The Morgan fingerprint density at radius 2 is 1.58 bits per heavy atom. The van der Waals surface area contributed by atoms with Crippen molar-refractivity contribution in [2.75, 3.05) is 16.2 Å². The van der Waals surface area contributed by atoms with Crippen LogP contribution in [0, 0.1) is 0 Å². The van der Waals surface area contributed by atoms with E-state index in [1.165, 1.54) is 42.5 Å². The SMILES string of the molecule is O=C(CN(c1ccc(Cl)c(C(F)(F)F)c1)S(=O)(=O)c1ccccc1)Nc1cccc(Cl)c1Cl. The number of alkyl halides is 3. The molecule has 0 aliphatic heterocycles. The molecule has 5 nitrogen and oxygen atoms in total. The zero-order valence-electron chi connectivity index (χ0n) is 16.4. The molecular weight excluding hydrogens is 524 g/mol. The molecule has 0 aromatic heterocycles. The van der Waals surface area contributed by atoms with Crippen molar-refractivity contribution in [3.8, 4) is 0 Å². The zero-order valence-corrected chi connectivity index (χ0v) is 19.5. The number of halogens is 6. The Bertz CT molecular complexity index is 1290. The first-order valence-electron chi connectivity index (χ1n) is 9.09. The summed E-state index contributed by atoms with van der Waals surface area (Å²) >= 11 is 17.6. The lowest BCUT2D eigenvalue weighted by Crippen LogP contribution is -2.38. The van der Waals surface area contributed by atoms with Crippen molar-refractivity contribution in [3.05, 3.63) is 87.4 Å². The van der Waals surface area contributed by atoms with E-state index in [4.69, 9.17) is 34.8 Å². The molecule has 33 heavy (non-hydrogen) atoms. The van der Waals surface area contributed by atoms with Gasteiger partial charge in [-0.15, -0.1) is 0 Å². The third-order valence-corrected chi connectivity index (χ3v) is 7.32. The number of anilines is 2. The van der Waals surface area contributed by atoms with Gasteiger partial charge in [-0.3, -0.25) is 9.10 Å². The smallest absolute Gasteiger partial charge is 0.323 e. The van der Waals surface area contributed by atoms with Crippen LogP contribution in [0.1, 0.15) is 5.56 Å². The van der Waals surface area contributed by atoms with E-state index in [2.05, 4.69) is 5.32 Å². The lowest BCUT2D eigenvalue weighted by atomic mass is 10.2. The average molecular weight is 538 g/mol. The fraction of sp³-hybridized carbons (Fsp3) is 0.0952. The molecule has 0 spiro atoms. The van der Waals surface area contributed by atoms with Gasteiger partial charge in [0, 0.05) is 0 Å². The first kappa shape index (κ1) is 25.2. The van der Waals surface area contributed by atoms with E-state index >= 15 is 0 Å². The molecule has 0 atom stereocenters. The highest BCUT2D eigenvalue weighted by Crippen LogP contribution is 2.38. The number of carbonyl (C=O) groups excluding carboxylic acids is 1. The molecule has 1 N–H and O–H groups in total. The number of amides is 1. The van der Waals surface area contributed by atoms with Gasteiger partial charge in [0.05, 0.1) is 36.9 Å². The number of rotatable bonds is 6. The molecule has 174 valence electrons. The summed E-state index contributed by atoms with van der Waals surface area (Å²) in [6.45, 7) is -0.848. The van der Waals surface area contributed by atoms with Gasteiger partial charge in [-0.2, -0.15) is 13.2 Å². The summed E-state index contributed by atoms with van der Waals surface area (Å²) in [5, 5.41) is 1.98. The first-order chi connectivity index (χ1) is 15.4. The Kier molecular flexibility index (Phi) is 7.48. The number of sulfonamides is 1.